The van der Waals surface area contributed by atoms with Gasteiger partial charge < -0.3 is 10.1 Å². The number of amides is 2. The highest BCUT2D eigenvalue weighted by molar-refractivity contribution is 7.12. The van der Waals surface area contributed by atoms with Crippen molar-refractivity contribution in [2.45, 2.75) is 13.5 Å². The second-order valence-electron chi connectivity index (χ2n) is 6.03. The van der Waals surface area contributed by atoms with Crippen LogP contribution in [0.3, 0.4) is 0 Å². The van der Waals surface area contributed by atoms with Crippen molar-refractivity contribution in [2.24, 2.45) is 0 Å². The third-order valence-electron chi connectivity index (χ3n) is 4.07. The Hall–Kier alpha value is -3.12. The van der Waals surface area contributed by atoms with Crippen molar-refractivity contribution in [1.29, 1.82) is 0 Å². The quantitative estimate of drug-likeness (QED) is 0.666. The van der Waals surface area contributed by atoms with Gasteiger partial charge in [0, 0.05) is 17.8 Å². The van der Waals surface area contributed by atoms with Crippen LogP contribution in [0.2, 0.25) is 0 Å². The molecule has 0 bridgehead atoms. The van der Waals surface area contributed by atoms with E-state index < -0.39 is 6.09 Å². The molecule has 0 aliphatic carbocycles. The van der Waals surface area contributed by atoms with Crippen molar-refractivity contribution < 1.29 is 14.3 Å². The van der Waals surface area contributed by atoms with E-state index in [1.807, 2.05) is 54.8 Å². The number of carbonyl (C=O) groups excluding carboxylic acids is 2. The van der Waals surface area contributed by atoms with Gasteiger partial charge in [-0.05, 0) is 41.6 Å². The molecule has 27 heavy (non-hydrogen) atoms. The van der Waals surface area contributed by atoms with Crippen LogP contribution in [0.4, 0.5) is 10.5 Å². The summed E-state index contributed by atoms with van der Waals surface area (Å²) in [6.45, 7) is 2.44. The Balaban J connectivity index is 1.64. The minimum Gasteiger partial charge on any atom is -0.453 e. The predicted octanol–water partition coefficient (Wildman–Crippen LogP) is 4.83. The van der Waals surface area contributed by atoms with Crippen molar-refractivity contribution in [1.82, 2.24) is 5.32 Å². The molecule has 0 spiro atoms. The summed E-state index contributed by atoms with van der Waals surface area (Å²) in [6, 6.07) is 17.3. The van der Waals surface area contributed by atoms with Crippen molar-refractivity contribution in [3.63, 3.8) is 0 Å². The highest BCUT2D eigenvalue weighted by Gasteiger charge is 2.14. The summed E-state index contributed by atoms with van der Waals surface area (Å²) in [5, 5.41) is 7.47. The first-order valence-corrected chi connectivity index (χ1v) is 9.31. The second-order valence-corrected chi connectivity index (χ2v) is 6.94. The van der Waals surface area contributed by atoms with E-state index in [1.165, 1.54) is 24.0 Å². The Morgan fingerprint density at radius 3 is 2.37 bits per heavy atom. The molecule has 2 amide bonds. The van der Waals surface area contributed by atoms with Crippen molar-refractivity contribution in [2.75, 3.05) is 12.4 Å². The predicted molar refractivity (Wildman–Crippen MR) is 108 cm³/mol. The maximum absolute atomic E-state index is 12.6. The van der Waals surface area contributed by atoms with Crippen LogP contribution in [-0.2, 0) is 11.3 Å². The number of rotatable bonds is 5. The molecule has 138 valence electrons. The molecule has 0 aliphatic heterocycles. The molecule has 3 aromatic rings. The molecule has 2 aromatic carbocycles. The van der Waals surface area contributed by atoms with Gasteiger partial charge in [0.2, 0.25) is 0 Å². The molecule has 3 rings (SSSR count). The Bertz CT molecular complexity index is 931. The molecule has 0 atom stereocenters. The van der Waals surface area contributed by atoms with Gasteiger partial charge in [0.15, 0.2) is 0 Å². The van der Waals surface area contributed by atoms with Gasteiger partial charge in [0.05, 0.1) is 12.0 Å². The number of nitrogens with one attached hydrogen (secondary N) is 2. The van der Waals surface area contributed by atoms with E-state index in [4.69, 9.17) is 0 Å². The number of ether oxygens (including phenoxy) is 1. The first kappa shape index (κ1) is 18.7. The van der Waals surface area contributed by atoms with Crippen LogP contribution in [0.25, 0.3) is 11.1 Å². The van der Waals surface area contributed by atoms with Crippen molar-refractivity contribution >= 4 is 29.0 Å². The SMILES string of the molecule is COC(=O)Nc1ccc(CNC(=O)c2sccc2-c2ccc(C)cc2)cc1. The Labute approximate surface area is 162 Å². The van der Waals surface area contributed by atoms with Crippen LogP contribution in [0.5, 0.6) is 0 Å². The Kier molecular flexibility index (Phi) is 5.88. The summed E-state index contributed by atoms with van der Waals surface area (Å²) >= 11 is 1.43. The van der Waals surface area contributed by atoms with Gasteiger partial charge in [-0.1, -0.05) is 42.0 Å². The lowest BCUT2D eigenvalue weighted by molar-refractivity contribution is 0.0955. The molecule has 2 N–H and O–H groups in total. The van der Waals surface area contributed by atoms with Gasteiger partial charge in [-0.3, -0.25) is 10.1 Å². The van der Waals surface area contributed by atoms with E-state index in [0.29, 0.717) is 17.1 Å². The molecular formula is C21H20N2O3S. The molecule has 5 nitrogen and oxygen atoms in total. The fourth-order valence-electron chi connectivity index (χ4n) is 2.58. The third kappa shape index (κ3) is 4.74. The van der Waals surface area contributed by atoms with Gasteiger partial charge >= 0.3 is 6.09 Å². The molecule has 0 radical (unpaired) electrons. The summed E-state index contributed by atoms with van der Waals surface area (Å²) in [5.41, 5.74) is 4.73. The van der Waals surface area contributed by atoms with Crippen LogP contribution >= 0.6 is 11.3 Å². The molecule has 0 saturated carbocycles. The zero-order valence-electron chi connectivity index (χ0n) is 15.1. The summed E-state index contributed by atoms with van der Waals surface area (Å²) in [6.07, 6.45) is -0.516. The highest BCUT2D eigenvalue weighted by Crippen LogP contribution is 2.28. The number of anilines is 1. The molecule has 0 aliphatic rings. The lowest BCUT2D eigenvalue weighted by Gasteiger charge is -2.08. The van der Waals surface area contributed by atoms with E-state index in [0.717, 1.165) is 16.7 Å². The van der Waals surface area contributed by atoms with E-state index in [-0.39, 0.29) is 5.91 Å². The Morgan fingerprint density at radius 2 is 1.70 bits per heavy atom. The second kappa shape index (κ2) is 8.51. The smallest absolute Gasteiger partial charge is 0.411 e. The number of hydrogen-bond acceptors (Lipinski definition) is 4. The maximum Gasteiger partial charge on any atom is 0.411 e. The van der Waals surface area contributed by atoms with E-state index in [2.05, 4.69) is 15.4 Å². The normalized spacial score (nSPS) is 10.3. The maximum atomic E-state index is 12.6. The minimum absolute atomic E-state index is 0.0997. The summed E-state index contributed by atoms with van der Waals surface area (Å²) in [4.78, 5) is 24.5. The molecule has 0 unspecified atom stereocenters. The summed E-state index contributed by atoms with van der Waals surface area (Å²) in [5.74, 6) is -0.0997. The summed E-state index contributed by atoms with van der Waals surface area (Å²) < 4.78 is 4.55. The number of methoxy groups -OCH3 is 1. The van der Waals surface area contributed by atoms with Crippen LogP contribution in [0, 0.1) is 6.92 Å². The van der Waals surface area contributed by atoms with Gasteiger partial charge in [-0.2, -0.15) is 0 Å². The van der Waals surface area contributed by atoms with E-state index in [9.17, 15) is 9.59 Å². The molecule has 6 heteroatoms. The fourth-order valence-corrected chi connectivity index (χ4v) is 3.42. The standard InChI is InChI=1S/C21H20N2O3S/c1-14-3-7-16(8-4-14)18-11-12-27-19(18)20(24)22-13-15-5-9-17(10-6-15)23-21(25)26-2/h3-12H,13H2,1-2H3,(H,22,24)(H,23,25). The number of benzene rings is 2. The van der Waals surface area contributed by atoms with Crippen molar-refractivity contribution in [3.8, 4) is 11.1 Å². The van der Waals surface area contributed by atoms with Crippen molar-refractivity contribution in [3.05, 3.63) is 76.0 Å². The van der Waals surface area contributed by atoms with E-state index in [1.54, 1.807) is 12.1 Å². The van der Waals surface area contributed by atoms with Crippen LogP contribution in [0.1, 0.15) is 20.8 Å². The minimum atomic E-state index is -0.516. The number of hydrogen-bond donors (Lipinski definition) is 2. The molecule has 0 fully saturated rings. The van der Waals surface area contributed by atoms with Gasteiger partial charge in [0.1, 0.15) is 0 Å². The lowest BCUT2D eigenvalue weighted by Crippen LogP contribution is -2.22. The molecule has 1 heterocycles. The monoisotopic (exact) mass is 380 g/mol. The molecule has 1 aromatic heterocycles. The first-order chi connectivity index (χ1) is 13.1. The average molecular weight is 380 g/mol. The number of aryl methyl sites for hydroxylation is 1. The summed E-state index contributed by atoms with van der Waals surface area (Å²) in [7, 11) is 1.31. The average Bonchev–Trinajstić information content (AvgIpc) is 3.17. The molecule has 0 saturated heterocycles. The van der Waals surface area contributed by atoms with Crippen LogP contribution in [0.15, 0.2) is 60.0 Å². The lowest BCUT2D eigenvalue weighted by atomic mass is 10.0. The topological polar surface area (TPSA) is 67.4 Å². The Morgan fingerprint density at radius 1 is 1.00 bits per heavy atom. The largest absolute Gasteiger partial charge is 0.453 e. The van der Waals surface area contributed by atoms with Gasteiger partial charge in [-0.15, -0.1) is 11.3 Å². The number of carbonyl (C=O) groups is 2. The van der Waals surface area contributed by atoms with Gasteiger partial charge in [0.25, 0.3) is 5.91 Å². The van der Waals surface area contributed by atoms with Crippen LogP contribution in [-0.4, -0.2) is 19.1 Å². The third-order valence-corrected chi connectivity index (χ3v) is 4.99. The van der Waals surface area contributed by atoms with Crippen LogP contribution < -0.4 is 10.6 Å². The zero-order chi connectivity index (χ0) is 19.2. The molecular weight excluding hydrogens is 360 g/mol. The zero-order valence-corrected chi connectivity index (χ0v) is 15.9. The van der Waals surface area contributed by atoms with E-state index >= 15 is 0 Å². The first-order valence-electron chi connectivity index (χ1n) is 8.43. The number of thiophene rings is 1. The fraction of sp³-hybridized carbons (Fsp3) is 0.143. The highest BCUT2D eigenvalue weighted by atomic mass is 32.1. The van der Waals surface area contributed by atoms with Gasteiger partial charge in [-0.25, -0.2) is 4.79 Å².